The van der Waals surface area contributed by atoms with Crippen LogP contribution in [0.1, 0.15) is 22.9 Å². The van der Waals surface area contributed by atoms with Crippen LogP contribution in [-0.2, 0) is 13.5 Å². The maximum atomic E-state index is 11.1. The van der Waals surface area contributed by atoms with Gasteiger partial charge in [0.25, 0.3) is 5.69 Å². The average molecular weight is 407 g/mol. The Morgan fingerprint density at radius 2 is 1.68 bits per heavy atom. The van der Waals surface area contributed by atoms with Gasteiger partial charge in [-0.2, -0.15) is 0 Å². The SMILES string of the molecule is Cn1c2c(c3ccccc31)CCN(c1ccc([N+](=O)[O-])cc1)C2C#Cc1ccccc1. The molecule has 0 spiro atoms. The first-order valence-electron chi connectivity index (χ1n) is 10.3. The van der Waals surface area contributed by atoms with Crippen LogP contribution in [0.5, 0.6) is 0 Å². The van der Waals surface area contributed by atoms with Crippen molar-refractivity contribution in [3.8, 4) is 11.8 Å². The summed E-state index contributed by atoms with van der Waals surface area (Å²) in [5.41, 5.74) is 5.73. The van der Waals surface area contributed by atoms with Crippen LogP contribution in [0.3, 0.4) is 0 Å². The average Bonchev–Trinajstić information content (AvgIpc) is 3.11. The second kappa shape index (κ2) is 7.66. The van der Waals surface area contributed by atoms with Crippen LogP contribution in [-0.4, -0.2) is 16.0 Å². The molecule has 5 nitrogen and oxygen atoms in total. The monoisotopic (exact) mass is 407 g/mol. The molecule has 1 aromatic heterocycles. The molecule has 0 aliphatic carbocycles. The summed E-state index contributed by atoms with van der Waals surface area (Å²) in [6.45, 7) is 0.799. The maximum absolute atomic E-state index is 11.1. The van der Waals surface area contributed by atoms with Gasteiger partial charge in [0.1, 0.15) is 6.04 Å². The highest BCUT2D eigenvalue weighted by Crippen LogP contribution is 2.39. The molecule has 0 bridgehead atoms. The molecule has 1 aliphatic rings. The summed E-state index contributed by atoms with van der Waals surface area (Å²) in [7, 11) is 2.09. The van der Waals surface area contributed by atoms with Crippen molar-refractivity contribution in [2.45, 2.75) is 12.5 Å². The minimum atomic E-state index is -0.366. The highest BCUT2D eigenvalue weighted by Gasteiger charge is 2.31. The van der Waals surface area contributed by atoms with Gasteiger partial charge >= 0.3 is 0 Å². The molecule has 3 aromatic carbocycles. The zero-order chi connectivity index (χ0) is 21.4. The summed E-state index contributed by atoms with van der Waals surface area (Å²) < 4.78 is 2.24. The number of nitro groups is 1. The lowest BCUT2D eigenvalue weighted by atomic mass is 9.96. The van der Waals surface area contributed by atoms with Crippen molar-refractivity contribution in [3.63, 3.8) is 0 Å². The summed E-state index contributed by atoms with van der Waals surface area (Å²) in [4.78, 5) is 13.0. The highest BCUT2D eigenvalue weighted by atomic mass is 16.6. The van der Waals surface area contributed by atoms with Crippen LogP contribution in [0.2, 0.25) is 0 Å². The quantitative estimate of drug-likeness (QED) is 0.259. The molecule has 0 amide bonds. The molecule has 1 atom stereocenters. The summed E-state index contributed by atoms with van der Waals surface area (Å²) in [6, 6.07) is 25.1. The number of hydrogen-bond acceptors (Lipinski definition) is 3. The lowest BCUT2D eigenvalue weighted by Crippen LogP contribution is -2.35. The number of nitrogens with zero attached hydrogens (tertiary/aromatic N) is 3. The summed E-state index contributed by atoms with van der Waals surface area (Å²) in [5.74, 6) is 6.85. The van der Waals surface area contributed by atoms with Crippen molar-refractivity contribution in [1.29, 1.82) is 0 Å². The molecule has 0 saturated carbocycles. The third-order valence-corrected chi connectivity index (χ3v) is 5.95. The molecule has 31 heavy (non-hydrogen) atoms. The molecule has 2 heterocycles. The van der Waals surface area contributed by atoms with E-state index >= 15 is 0 Å². The number of rotatable bonds is 2. The zero-order valence-electron chi connectivity index (χ0n) is 17.2. The van der Waals surface area contributed by atoms with Gasteiger partial charge in [0.15, 0.2) is 0 Å². The number of hydrogen-bond donors (Lipinski definition) is 0. The van der Waals surface area contributed by atoms with Crippen molar-refractivity contribution in [2.75, 3.05) is 11.4 Å². The minimum Gasteiger partial charge on any atom is -0.352 e. The molecule has 0 N–H and O–H groups in total. The molecule has 5 rings (SSSR count). The van der Waals surface area contributed by atoms with Crippen LogP contribution >= 0.6 is 0 Å². The van der Waals surface area contributed by atoms with Crippen molar-refractivity contribution in [2.24, 2.45) is 7.05 Å². The predicted molar refractivity (Wildman–Crippen MR) is 123 cm³/mol. The summed E-state index contributed by atoms with van der Waals surface area (Å²) in [5, 5.41) is 12.4. The number of fused-ring (bicyclic) bond motifs is 3. The molecule has 1 unspecified atom stereocenters. The van der Waals surface area contributed by atoms with Gasteiger partial charge in [0.2, 0.25) is 0 Å². The Balaban J connectivity index is 1.65. The smallest absolute Gasteiger partial charge is 0.269 e. The van der Waals surface area contributed by atoms with Gasteiger partial charge in [0, 0.05) is 47.9 Å². The largest absolute Gasteiger partial charge is 0.352 e. The van der Waals surface area contributed by atoms with E-state index in [-0.39, 0.29) is 16.7 Å². The third-order valence-electron chi connectivity index (χ3n) is 5.95. The number of aryl methyl sites for hydroxylation is 1. The molecule has 4 aromatic rings. The Hall–Kier alpha value is -4.04. The molecule has 0 saturated heterocycles. The van der Waals surface area contributed by atoms with Gasteiger partial charge in [-0.05, 0) is 42.3 Å². The van der Waals surface area contributed by atoms with Crippen molar-refractivity contribution < 1.29 is 4.92 Å². The van der Waals surface area contributed by atoms with Gasteiger partial charge in [-0.25, -0.2) is 0 Å². The molecule has 5 heteroatoms. The lowest BCUT2D eigenvalue weighted by Gasteiger charge is -2.35. The number of para-hydroxylation sites is 1. The number of nitro benzene ring substituents is 1. The zero-order valence-corrected chi connectivity index (χ0v) is 17.2. The van der Waals surface area contributed by atoms with Gasteiger partial charge in [0.05, 0.1) is 10.6 Å². The Kier molecular flexibility index (Phi) is 4.68. The van der Waals surface area contributed by atoms with E-state index in [9.17, 15) is 10.1 Å². The summed E-state index contributed by atoms with van der Waals surface area (Å²) in [6.07, 6.45) is 0.900. The van der Waals surface area contributed by atoms with Crippen LogP contribution in [0.25, 0.3) is 10.9 Å². The number of anilines is 1. The second-order valence-corrected chi connectivity index (χ2v) is 7.69. The standard InChI is InChI=1S/C26H21N3O2/c1-27-24-10-6-5-9-22(24)23-17-18-28(20-12-14-21(15-13-20)29(30)31)25(26(23)27)16-11-19-7-3-2-4-8-19/h2-10,12-15,25H,17-18H2,1H3. The Morgan fingerprint density at radius 3 is 2.42 bits per heavy atom. The van der Waals surface area contributed by atoms with Gasteiger partial charge in [-0.15, -0.1) is 0 Å². The van der Waals surface area contributed by atoms with Crippen molar-refractivity contribution in [3.05, 3.63) is 106 Å². The second-order valence-electron chi connectivity index (χ2n) is 7.69. The van der Waals surface area contributed by atoms with Crippen LogP contribution in [0, 0.1) is 22.0 Å². The number of non-ortho nitro benzene ring substituents is 1. The fraction of sp³-hybridized carbons (Fsp3) is 0.154. The van der Waals surface area contributed by atoms with Crippen molar-refractivity contribution >= 4 is 22.3 Å². The van der Waals surface area contributed by atoms with E-state index in [0.29, 0.717) is 0 Å². The Bertz CT molecular complexity index is 1330. The normalized spacial score (nSPS) is 15.3. The highest BCUT2D eigenvalue weighted by molar-refractivity contribution is 5.87. The van der Waals surface area contributed by atoms with E-state index < -0.39 is 0 Å². The van der Waals surface area contributed by atoms with E-state index in [1.165, 1.54) is 22.2 Å². The molecule has 1 aliphatic heterocycles. The van der Waals surface area contributed by atoms with Crippen LogP contribution < -0.4 is 4.90 Å². The van der Waals surface area contributed by atoms with Gasteiger partial charge < -0.3 is 9.47 Å². The fourth-order valence-electron chi connectivity index (χ4n) is 4.48. The first-order valence-corrected chi connectivity index (χ1v) is 10.3. The molecular weight excluding hydrogens is 386 g/mol. The van der Waals surface area contributed by atoms with Gasteiger partial charge in [-0.3, -0.25) is 10.1 Å². The predicted octanol–water partition coefficient (Wildman–Crippen LogP) is 5.24. The van der Waals surface area contributed by atoms with E-state index in [1.807, 2.05) is 42.5 Å². The van der Waals surface area contributed by atoms with Gasteiger partial charge in [-0.1, -0.05) is 48.2 Å². The first-order chi connectivity index (χ1) is 15.1. The molecule has 152 valence electrons. The molecule has 0 fully saturated rings. The van der Waals surface area contributed by atoms with E-state index in [4.69, 9.17) is 0 Å². The van der Waals surface area contributed by atoms with Crippen LogP contribution in [0.4, 0.5) is 11.4 Å². The Labute approximate surface area is 180 Å². The lowest BCUT2D eigenvalue weighted by molar-refractivity contribution is -0.384. The third kappa shape index (κ3) is 3.32. The number of benzene rings is 3. The molecule has 0 radical (unpaired) electrons. The summed E-state index contributed by atoms with van der Waals surface area (Å²) >= 11 is 0. The molecular formula is C26H21N3O2. The maximum Gasteiger partial charge on any atom is 0.269 e. The minimum absolute atomic E-state index is 0.0953. The van der Waals surface area contributed by atoms with Crippen LogP contribution in [0.15, 0.2) is 78.9 Å². The number of aromatic nitrogens is 1. The first kappa shape index (κ1) is 19.0. The fourth-order valence-corrected chi connectivity index (χ4v) is 4.48. The van der Waals surface area contributed by atoms with E-state index in [1.54, 1.807) is 12.1 Å². The van der Waals surface area contributed by atoms with E-state index in [2.05, 4.69) is 52.6 Å². The topological polar surface area (TPSA) is 51.3 Å². The van der Waals surface area contributed by atoms with E-state index in [0.717, 1.165) is 24.2 Å². The Morgan fingerprint density at radius 1 is 0.968 bits per heavy atom. The van der Waals surface area contributed by atoms with Crippen molar-refractivity contribution in [1.82, 2.24) is 4.57 Å².